The van der Waals surface area contributed by atoms with Crippen LogP contribution in [0, 0.1) is 0 Å². The Labute approximate surface area is 151 Å². The fourth-order valence-electron chi connectivity index (χ4n) is 3.35. The number of carbonyl (C=O) groups excluding carboxylic acids is 2. The van der Waals surface area contributed by atoms with Gasteiger partial charge in [0.05, 0.1) is 10.9 Å². The lowest BCUT2D eigenvalue weighted by Crippen LogP contribution is -2.52. The van der Waals surface area contributed by atoms with Crippen molar-refractivity contribution in [2.24, 2.45) is 5.73 Å². The first kappa shape index (κ1) is 17.6. The largest absolute Gasteiger partial charge is 0.338 e. The van der Waals surface area contributed by atoms with Gasteiger partial charge in [-0.25, -0.2) is 0 Å². The van der Waals surface area contributed by atoms with Crippen molar-refractivity contribution in [3.63, 3.8) is 0 Å². The molecule has 3 rings (SSSR count). The molecular weight excluding hydrogens is 346 g/mol. The second-order valence-electron chi connectivity index (χ2n) is 6.45. The molecule has 1 aromatic rings. The molecular formula is C17H22ClN3O2S. The smallest absolute Gasteiger partial charge is 0.238 e. The second kappa shape index (κ2) is 7.33. The third-order valence-corrected chi connectivity index (χ3v) is 6.11. The molecule has 0 aromatic heterocycles. The molecule has 130 valence electrons. The van der Waals surface area contributed by atoms with E-state index in [-0.39, 0.29) is 30.3 Å². The quantitative estimate of drug-likeness (QED) is 0.861. The number of rotatable bonds is 3. The van der Waals surface area contributed by atoms with E-state index in [1.807, 2.05) is 17.9 Å². The summed E-state index contributed by atoms with van der Waals surface area (Å²) in [6, 6.07) is 5.43. The monoisotopic (exact) mass is 367 g/mol. The van der Waals surface area contributed by atoms with Crippen LogP contribution in [0.15, 0.2) is 23.1 Å². The number of fused-ring (bicyclic) bond motifs is 1. The van der Waals surface area contributed by atoms with Gasteiger partial charge in [-0.3, -0.25) is 9.59 Å². The van der Waals surface area contributed by atoms with Crippen LogP contribution in [-0.2, 0) is 9.59 Å². The molecule has 0 saturated carbocycles. The zero-order valence-electron chi connectivity index (χ0n) is 13.6. The molecule has 7 heteroatoms. The van der Waals surface area contributed by atoms with Crippen molar-refractivity contribution in [1.29, 1.82) is 0 Å². The lowest BCUT2D eigenvalue weighted by atomic mass is 9.96. The molecule has 3 unspecified atom stereocenters. The van der Waals surface area contributed by atoms with E-state index in [9.17, 15) is 9.59 Å². The maximum atomic E-state index is 12.7. The number of thioether (sulfide) groups is 1. The summed E-state index contributed by atoms with van der Waals surface area (Å²) in [5.41, 5.74) is 6.76. The topological polar surface area (TPSA) is 75.4 Å². The number of hydrogen-bond acceptors (Lipinski definition) is 4. The first-order valence-corrected chi connectivity index (χ1v) is 9.53. The second-order valence-corrected chi connectivity index (χ2v) is 8.13. The van der Waals surface area contributed by atoms with Crippen molar-refractivity contribution in [2.75, 3.05) is 11.9 Å². The van der Waals surface area contributed by atoms with E-state index in [0.717, 1.165) is 30.7 Å². The van der Waals surface area contributed by atoms with E-state index >= 15 is 0 Å². The van der Waals surface area contributed by atoms with Gasteiger partial charge in [-0.05, 0) is 44.4 Å². The highest BCUT2D eigenvalue weighted by atomic mass is 35.5. The normalized spacial score (nSPS) is 25.0. The van der Waals surface area contributed by atoms with E-state index in [0.29, 0.717) is 10.7 Å². The van der Waals surface area contributed by atoms with Crippen LogP contribution in [0.3, 0.4) is 0 Å². The molecule has 2 heterocycles. The first-order valence-electron chi connectivity index (χ1n) is 8.28. The highest BCUT2D eigenvalue weighted by molar-refractivity contribution is 8.01. The molecule has 1 fully saturated rings. The van der Waals surface area contributed by atoms with E-state index in [4.69, 9.17) is 17.3 Å². The fourth-order valence-corrected chi connectivity index (χ4v) is 4.60. The van der Waals surface area contributed by atoms with Crippen molar-refractivity contribution in [2.45, 2.75) is 54.8 Å². The maximum absolute atomic E-state index is 12.7. The van der Waals surface area contributed by atoms with Crippen LogP contribution in [0.4, 0.5) is 5.69 Å². The number of nitrogens with two attached hydrogens (primary N) is 1. The minimum absolute atomic E-state index is 0.0158. The lowest BCUT2D eigenvalue weighted by molar-refractivity contribution is -0.136. The predicted molar refractivity (Wildman–Crippen MR) is 97.3 cm³/mol. The van der Waals surface area contributed by atoms with E-state index in [1.54, 1.807) is 12.1 Å². The highest BCUT2D eigenvalue weighted by Crippen LogP contribution is 2.38. The summed E-state index contributed by atoms with van der Waals surface area (Å²) in [5.74, 6) is -0.125. The molecule has 2 aliphatic heterocycles. The Kier molecular flexibility index (Phi) is 5.37. The Morgan fingerprint density at radius 1 is 1.50 bits per heavy atom. The van der Waals surface area contributed by atoms with Gasteiger partial charge in [0.2, 0.25) is 11.8 Å². The number of nitrogens with one attached hydrogen (secondary N) is 1. The van der Waals surface area contributed by atoms with Crippen molar-refractivity contribution in [3.05, 3.63) is 23.2 Å². The van der Waals surface area contributed by atoms with E-state index < -0.39 is 5.25 Å². The number of benzene rings is 1. The molecule has 2 aliphatic rings. The Bertz CT molecular complexity index is 653. The molecule has 1 aromatic carbocycles. The number of nitrogens with zero attached hydrogens (tertiary/aromatic N) is 1. The number of hydrogen-bond donors (Lipinski definition) is 2. The van der Waals surface area contributed by atoms with Gasteiger partial charge in [0, 0.05) is 35.0 Å². The van der Waals surface area contributed by atoms with Crippen LogP contribution < -0.4 is 11.1 Å². The molecule has 5 nitrogen and oxygen atoms in total. The molecule has 3 atom stereocenters. The molecule has 0 aliphatic carbocycles. The number of piperidine rings is 1. The minimum Gasteiger partial charge on any atom is -0.338 e. The number of carbonyl (C=O) groups is 2. The van der Waals surface area contributed by atoms with Gasteiger partial charge in [-0.2, -0.15) is 0 Å². The molecule has 0 spiro atoms. The first-order chi connectivity index (χ1) is 11.5. The van der Waals surface area contributed by atoms with Crippen molar-refractivity contribution in [3.8, 4) is 0 Å². The van der Waals surface area contributed by atoms with Gasteiger partial charge in [-0.1, -0.05) is 11.6 Å². The van der Waals surface area contributed by atoms with Gasteiger partial charge in [0.25, 0.3) is 0 Å². The summed E-state index contributed by atoms with van der Waals surface area (Å²) < 4.78 is 0. The van der Waals surface area contributed by atoms with Gasteiger partial charge in [0.1, 0.15) is 0 Å². The molecule has 2 amide bonds. The Morgan fingerprint density at radius 3 is 3.04 bits per heavy atom. The molecule has 1 saturated heterocycles. The summed E-state index contributed by atoms with van der Waals surface area (Å²) in [6.45, 7) is 2.68. The van der Waals surface area contributed by atoms with Crippen LogP contribution in [-0.4, -0.2) is 40.6 Å². The average Bonchev–Trinajstić information content (AvgIpc) is 2.55. The van der Waals surface area contributed by atoms with Gasteiger partial charge < -0.3 is 16.0 Å². The van der Waals surface area contributed by atoms with Crippen molar-refractivity contribution < 1.29 is 9.59 Å². The van der Waals surface area contributed by atoms with Gasteiger partial charge >= 0.3 is 0 Å². The Morgan fingerprint density at radius 2 is 2.29 bits per heavy atom. The van der Waals surface area contributed by atoms with Crippen LogP contribution in [0.5, 0.6) is 0 Å². The summed E-state index contributed by atoms with van der Waals surface area (Å²) >= 11 is 7.39. The summed E-state index contributed by atoms with van der Waals surface area (Å²) in [7, 11) is 0. The SMILES string of the molecule is CC(N)C1CCCCN1C(=O)CC1Sc2ccc(Cl)cc2NC1=O. The Balaban J connectivity index is 1.70. The third kappa shape index (κ3) is 3.71. The molecule has 24 heavy (non-hydrogen) atoms. The Hall–Kier alpha value is -1.24. The van der Waals surface area contributed by atoms with Gasteiger partial charge in [-0.15, -0.1) is 11.8 Å². The zero-order valence-corrected chi connectivity index (χ0v) is 15.2. The molecule has 0 radical (unpaired) electrons. The van der Waals surface area contributed by atoms with Crippen LogP contribution in [0.2, 0.25) is 5.02 Å². The number of anilines is 1. The van der Waals surface area contributed by atoms with Crippen molar-refractivity contribution in [1.82, 2.24) is 4.90 Å². The fraction of sp³-hybridized carbons (Fsp3) is 0.529. The summed E-state index contributed by atoms with van der Waals surface area (Å²) in [6.07, 6.45) is 3.24. The van der Waals surface area contributed by atoms with Crippen LogP contribution in [0.1, 0.15) is 32.6 Å². The van der Waals surface area contributed by atoms with Gasteiger partial charge in [0.15, 0.2) is 0 Å². The maximum Gasteiger partial charge on any atom is 0.238 e. The predicted octanol–water partition coefficient (Wildman–Crippen LogP) is 2.87. The number of halogens is 1. The zero-order chi connectivity index (χ0) is 17.3. The summed E-state index contributed by atoms with van der Waals surface area (Å²) in [4.78, 5) is 27.9. The van der Waals surface area contributed by atoms with Crippen LogP contribution in [0.25, 0.3) is 0 Å². The number of amides is 2. The van der Waals surface area contributed by atoms with Crippen molar-refractivity contribution >= 4 is 40.9 Å². The van der Waals surface area contributed by atoms with E-state index in [1.165, 1.54) is 11.8 Å². The molecule has 3 N–H and O–H groups in total. The third-order valence-electron chi connectivity index (χ3n) is 4.60. The number of likely N-dealkylation sites (tertiary alicyclic amines) is 1. The summed E-state index contributed by atoms with van der Waals surface area (Å²) in [5, 5.41) is 3.02. The van der Waals surface area contributed by atoms with E-state index in [2.05, 4.69) is 5.32 Å². The highest BCUT2D eigenvalue weighted by Gasteiger charge is 2.34. The lowest BCUT2D eigenvalue weighted by Gasteiger charge is -2.39. The molecule has 0 bridgehead atoms. The minimum atomic E-state index is -0.415. The standard InChI is InChI=1S/C17H22ClN3O2S/c1-10(19)13-4-2-3-7-21(13)16(22)9-15-17(23)20-12-8-11(18)5-6-14(12)24-15/h5-6,8,10,13,15H,2-4,7,9,19H2,1H3,(H,20,23). The average molecular weight is 368 g/mol. The van der Waals surface area contributed by atoms with Crippen LogP contribution >= 0.6 is 23.4 Å².